The van der Waals surface area contributed by atoms with Gasteiger partial charge < -0.3 is 58.7 Å². The fourth-order valence-electron chi connectivity index (χ4n) is 6.55. The second kappa shape index (κ2) is 27.7. The third-order valence-corrected chi connectivity index (χ3v) is 10.2. The van der Waals surface area contributed by atoms with Crippen molar-refractivity contribution in [2.45, 2.75) is 128 Å². The molecule has 0 spiro atoms. The molecule has 0 saturated heterocycles. The number of hydrogen-bond donors (Lipinski definition) is 12. The van der Waals surface area contributed by atoms with Crippen LogP contribution in [0.2, 0.25) is 0 Å². The minimum atomic E-state index is -4.82. The van der Waals surface area contributed by atoms with Gasteiger partial charge in [0, 0.05) is 19.8 Å². The third-order valence-electron chi connectivity index (χ3n) is 9.79. The third kappa shape index (κ3) is 20.8. The van der Waals surface area contributed by atoms with Gasteiger partial charge in [-0.15, -0.1) is 0 Å². The van der Waals surface area contributed by atoms with Crippen LogP contribution in [-0.2, 0) is 51.0 Å². The number of benzene rings is 2. The van der Waals surface area contributed by atoms with Crippen molar-refractivity contribution in [2.75, 3.05) is 13.1 Å². The first-order valence-corrected chi connectivity index (χ1v) is 22.7. The predicted molar refractivity (Wildman–Crippen MR) is 236 cm³/mol. The van der Waals surface area contributed by atoms with E-state index in [1.807, 2.05) is 0 Å². The first-order valence-electron chi connectivity index (χ1n) is 21.2. The van der Waals surface area contributed by atoms with Crippen LogP contribution in [0.5, 0.6) is 5.75 Å². The molecule has 0 heterocycles. The van der Waals surface area contributed by atoms with Gasteiger partial charge in [-0.1, -0.05) is 56.3 Å². The van der Waals surface area contributed by atoms with Crippen molar-refractivity contribution in [2.24, 2.45) is 23.1 Å². The Labute approximate surface area is 373 Å². The average molecular weight is 920 g/mol. The number of nitrogens with one attached hydrogen (secondary N) is 6. The number of aliphatic hydroxyl groups is 1. The fourth-order valence-corrected chi connectivity index (χ4v) is 6.95. The minimum absolute atomic E-state index is 0.0432. The number of hydrogen-bond acceptors (Lipinski definition) is 12. The summed E-state index contributed by atoms with van der Waals surface area (Å²) in [5.41, 5.74) is 18.2. The van der Waals surface area contributed by atoms with Gasteiger partial charge in [0.15, 0.2) is 0 Å². The lowest BCUT2D eigenvalue weighted by Gasteiger charge is -2.29. The molecule has 0 aliphatic rings. The van der Waals surface area contributed by atoms with Crippen molar-refractivity contribution in [3.05, 3.63) is 65.7 Å². The van der Waals surface area contributed by atoms with Gasteiger partial charge in [-0.3, -0.25) is 43.3 Å². The number of amides is 7. The van der Waals surface area contributed by atoms with Crippen LogP contribution >= 0.6 is 7.82 Å². The van der Waals surface area contributed by atoms with E-state index in [1.165, 1.54) is 38.1 Å². The van der Waals surface area contributed by atoms with Crippen LogP contribution in [0.1, 0.15) is 83.8 Å². The fraction of sp³-hybridized carbons (Fsp3) is 0.548. The molecule has 15 N–H and O–H groups in total. The van der Waals surface area contributed by atoms with Crippen molar-refractivity contribution in [3.8, 4) is 5.75 Å². The molecule has 1 unspecified atom stereocenters. The van der Waals surface area contributed by atoms with Gasteiger partial charge >= 0.3 is 7.82 Å². The van der Waals surface area contributed by atoms with Gasteiger partial charge in [0.25, 0.3) is 0 Å². The summed E-state index contributed by atoms with van der Waals surface area (Å²) in [6, 6.07) is 6.62. The van der Waals surface area contributed by atoms with Gasteiger partial charge in [0.2, 0.25) is 41.4 Å². The number of unbranched alkanes of at least 4 members (excludes halogenated alkanes) is 2. The quantitative estimate of drug-likeness (QED) is 0.0346. The Balaban J connectivity index is 2.31. The summed E-state index contributed by atoms with van der Waals surface area (Å²) in [6.07, 6.45) is 0.472. The van der Waals surface area contributed by atoms with Crippen molar-refractivity contribution in [3.63, 3.8) is 0 Å². The molecule has 0 aromatic heterocycles. The Hall–Kier alpha value is -5.44. The van der Waals surface area contributed by atoms with E-state index in [1.54, 1.807) is 44.2 Å². The number of phosphoric ester groups is 1. The summed E-state index contributed by atoms with van der Waals surface area (Å²) in [5, 5.41) is 26.3. The Bertz CT molecular complexity index is 1880. The molecule has 64 heavy (non-hydrogen) atoms. The van der Waals surface area contributed by atoms with Crippen LogP contribution in [-0.4, -0.2) is 112 Å². The molecule has 2 aromatic rings. The molecular weight excluding hydrogens is 853 g/mol. The summed E-state index contributed by atoms with van der Waals surface area (Å²) >= 11 is 0. The highest BCUT2D eigenvalue weighted by atomic mass is 31.2. The van der Waals surface area contributed by atoms with Crippen LogP contribution in [0.4, 0.5) is 0 Å². The van der Waals surface area contributed by atoms with Crippen LogP contribution in [0, 0.1) is 5.92 Å². The van der Waals surface area contributed by atoms with Gasteiger partial charge in [-0.05, 0) is 94.1 Å². The van der Waals surface area contributed by atoms with E-state index in [9.17, 15) is 43.2 Å². The van der Waals surface area contributed by atoms with E-state index in [-0.39, 0.29) is 50.3 Å². The van der Waals surface area contributed by atoms with E-state index >= 15 is 0 Å². The normalized spacial score (nSPS) is 14.7. The molecule has 0 aliphatic carbocycles. The molecular formula is C42H66N9O12P. The van der Waals surface area contributed by atoms with Crippen LogP contribution < -0.4 is 53.6 Å². The second-order valence-electron chi connectivity index (χ2n) is 15.9. The van der Waals surface area contributed by atoms with E-state index < -0.39 is 91.5 Å². The maximum Gasteiger partial charge on any atom is 0.524 e. The van der Waals surface area contributed by atoms with E-state index in [2.05, 4.69) is 36.4 Å². The zero-order valence-electron chi connectivity index (χ0n) is 36.8. The lowest BCUT2D eigenvalue weighted by atomic mass is 10.00. The highest BCUT2D eigenvalue weighted by Gasteiger charge is 2.35. The second-order valence-corrected chi connectivity index (χ2v) is 17.1. The van der Waals surface area contributed by atoms with Crippen molar-refractivity contribution < 1.29 is 57.5 Å². The number of carbonyl (C=O) groups excluding carboxylic acids is 7. The summed E-state index contributed by atoms with van der Waals surface area (Å²) in [7, 11) is -4.82. The molecule has 7 atom stereocenters. The molecule has 7 amide bonds. The van der Waals surface area contributed by atoms with E-state index in [0.717, 1.165) is 5.56 Å². The van der Waals surface area contributed by atoms with Gasteiger partial charge in [0.05, 0.1) is 6.10 Å². The average Bonchev–Trinajstić information content (AvgIpc) is 3.21. The molecule has 22 heteroatoms. The lowest BCUT2D eigenvalue weighted by molar-refractivity contribution is -0.137. The van der Waals surface area contributed by atoms with Crippen LogP contribution in [0.15, 0.2) is 54.6 Å². The monoisotopic (exact) mass is 919 g/mol. The number of rotatable bonds is 29. The standard InChI is InChI=1S/C42H66N9O12P/c1-25(2)22-34(50-41(58)35(46-27(4)53)24-29-16-18-30(19-17-29)63-64(60,61)62)40(57)47-32(15-9-11-21-44)39(56)51-36(26(3)52)42(59)48-31(14-8-10-20-43)38(55)49-33(37(45)54)23-28-12-6-5-7-13-28/h5-7,12-13,16-19,25-26,31-36,52H,8-11,14-15,20-24,43-44H2,1-4H3,(H2,45,54)(H,46,53)(H,47,57)(H,48,59)(H,49,55)(H,50,58)(H,51,56)(H2,60,61,62)/t26?,31-,32-,33-,34-,35-,36-/m0/s1. The van der Waals surface area contributed by atoms with Gasteiger partial charge in [0.1, 0.15) is 42.0 Å². The molecule has 356 valence electrons. The predicted octanol–water partition coefficient (Wildman–Crippen LogP) is -0.958. The highest BCUT2D eigenvalue weighted by molar-refractivity contribution is 7.46. The van der Waals surface area contributed by atoms with Crippen molar-refractivity contribution >= 4 is 49.2 Å². The first-order chi connectivity index (χ1) is 30.1. The summed E-state index contributed by atoms with van der Waals surface area (Å²) in [5.74, 6) is -5.65. The van der Waals surface area contributed by atoms with E-state index in [0.29, 0.717) is 37.8 Å². The number of primary amides is 1. The minimum Gasteiger partial charge on any atom is -0.404 e. The zero-order chi connectivity index (χ0) is 48.0. The molecule has 2 rings (SSSR count). The summed E-state index contributed by atoms with van der Waals surface area (Å²) < 4.78 is 15.8. The smallest absolute Gasteiger partial charge is 0.404 e. The zero-order valence-corrected chi connectivity index (χ0v) is 37.7. The van der Waals surface area contributed by atoms with E-state index in [4.69, 9.17) is 27.0 Å². The molecule has 0 fully saturated rings. The first kappa shape index (κ1) is 54.7. The molecule has 0 saturated carbocycles. The van der Waals surface area contributed by atoms with Gasteiger partial charge in [-0.2, -0.15) is 0 Å². The molecule has 0 radical (unpaired) electrons. The van der Waals surface area contributed by atoms with Crippen LogP contribution in [0.25, 0.3) is 0 Å². The molecule has 21 nitrogen and oxygen atoms in total. The number of phosphoric acid groups is 1. The largest absolute Gasteiger partial charge is 0.524 e. The Kier molecular flexibility index (Phi) is 23.7. The summed E-state index contributed by atoms with van der Waals surface area (Å²) in [6.45, 7) is 6.63. The topological polar surface area (TPSA) is 357 Å². The lowest BCUT2D eigenvalue weighted by Crippen LogP contribution is -2.61. The van der Waals surface area contributed by atoms with Crippen molar-refractivity contribution in [1.29, 1.82) is 0 Å². The van der Waals surface area contributed by atoms with Gasteiger partial charge in [-0.25, -0.2) is 4.57 Å². The Morgan fingerprint density at radius 2 is 1.06 bits per heavy atom. The Morgan fingerprint density at radius 1 is 0.609 bits per heavy atom. The SMILES string of the molecule is CC(=O)N[C@@H](Cc1ccc(OP(=O)(O)O)cc1)C(=O)N[C@@H](CC(C)C)C(=O)N[C@@H](CCCCN)C(=O)N[C@H](C(=O)N[C@@H](CCCCN)C(=O)N[C@@H](Cc1ccccc1)C(N)=O)C(C)O. The maximum absolute atomic E-state index is 14.0. The van der Waals surface area contributed by atoms with Crippen LogP contribution in [0.3, 0.4) is 0 Å². The number of nitrogens with two attached hydrogens (primary N) is 3. The number of aliphatic hydroxyl groups excluding tert-OH is 1. The Morgan fingerprint density at radius 3 is 1.55 bits per heavy atom. The summed E-state index contributed by atoms with van der Waals surface area (Å²) in [4.78, 5) is 112. The highest BCUT2D eigenvalue weighted by Crippen LogP contribution is 2.37. The maximum atomic E-state index is 14.0. The number of carbonyl (C=O) groups is 7. The molecule has 0 bridgehead atoms. The van der Waals surface area contributed by atoms with Crippen molar-refractivity contribution in [1.82, 2.24) is 31.9 Å². The molecule has 2 aromatic carbocycles. The molecule has 0 aliphatic heterocycles.